The maximum absolute atomic E-state index is 13.6. The second-order valence-electron chi connectivity index (χ2n) is 3.45. The van der Waals surface area contributed by atoms with Crippen molar-refractivity contribution in [2.24, 2.45) is 5.73 Å². The van der Waals surface area contributed by atoms with Crippen molar-refractivity contribution < 1.29 is 4.39 Å². The summed E-state index contributed by atoms with van der Waals surface area (Å²) in [6, 6.07) is 5.21. The first-order valence-electron chi connectivity index (χ1n) is 5.47. The summed E-state index contributed by atoms with van der Waals surface area (Å²) in [7, 11) is 0. The van der Waals surface area contributed by atoms with Crippen LogP contribution in [0.1, 0.15) is 19.4 Å². The Morgan fingerprint density at radius 2 is 1.93 bits per heavy atom. The van der Waals surface area contributed by atoms with E-state index in [1.165, 1.54) is 6.07 Å². The maximum Gasteiger partial charge on any atom is 0.128 e. The Labute approximate surface area is 90.9 Å². The van der Waals surface area contributed by atoms with Crippen LogP contribution in [0.25, 0.3) is 0 Å². The van der Waals surface area contributed by atoms with Crippen LogP contribution in [0.2, 0.25) is 0 Å². The molecule has 15 heavy (non-hydrogen) atoms. The van der Waals surface area contributed by atoms with Gasteiger partial charge in [-0.2, -0.15) is 0 Å². The zero-order chi connectivity index (χ0) is 11.3. The Balaban J connectivity index is 3.09. The van der Waals surface area contributed by atoms with Crippen LogP contribution in [0.3, 0.4) is 0 Å². The molecule has 0 amide bonds. The van der Waals surface area contributed by atoms with Crippen LogP contribution in [0.4, 0.5) is 10.1 Å². The van der Waals surface area contributed by atoms with Gasteiger partial charge < -0.3 is 10.6 Å². The number of hydrogen-bond donors (Lipinski definition) is 1. The molecular formula is C12H19FN2. The molecule has 0 saturated carbocycles. The predicted molar refractivity (Wildman–Crippen MR) is 62.7 cm³/mol. The number of halogens is 1. The third-order valence-corrected chi connectivity index (χ3v) is 2.59. The van der Waals surface area contributed by atoms with Crippen LogP contribution in [0.15, 0.2) is 18.2 Å². The van der Waals surface area contributed by atoms with Crippen molar-refractivity contribution in [3.05, 3.63) is 29.6 Å². The number of nitrogens with two attached hydrogens (primary N) is 1. The van der Waals surface area contributed by atoms with Crippen molar-refractivity contribution in [2.45, 2.75) is 20.3 Å². The molecule has 0 saturated heterocycles. The second-order valence-corrected chi connectivity index (χ2v) is 3.45. The molecule has 84 valence electrons. The molecule has 1 aromatic rings. The van der Waals surface area contributed by atoms with Gasteiger partial charge in [0.15, 0.2) is 0 Å². The van der Waals surface area contributed by atoms with E-state index in [1.807, 2.05) is 6.07 Å². The lowest BCUT2D eigenvalue weighted by atomic mass is 10.1. The quantitative estimate of drug-likeness (QED) is 0.807. The Bertz CT molecular complexity index is 308. The fourth-order valence-corrected chi connectivity index (χ4v) is 1.80. The topological polar surface area (TPSA) is 29.3 Å². The molecule has 3 heteroatoms. The molecular weight excluding hydrogens is 191 g/mol. The highest BCUT2D eigenvalue weighted by Crippen LogP contribution is 2.23. The number of hydrogen-bond acceptors (Lipinski definition) is 2. The van der Waals surface area contributed by atoms with Gasteiger partial charge in [-0.05, 0) is 38.9 Å². The summed E-state index contributed by atoms with van der Waals surface area (Å²) in [6.07, 6.45) is 0.596. The summed E-state index contributed by atoms with van der Waals surface area (Å²) in [4.78, 5) is 2.15. The highest BCUT2D eigenvalue weighted by Gasteiger charge is 2.11. The summed E-state index contributed by atoms with van der Waals surface area (Å²) in [6.45, 7) is 6.39. The fourth-order valence-electron chi connectivity index (χ4n) is 1.80. The number of rotatable bonds is 5. The minimum Gasteiger partial charge on any atom is -0.372 e. The van der Waals surface area contributed by atoms with E-state index in [4.69, 9.17) is 5.73 Å². The van der Waals surface area contributed by atoms with E-state index in [-0.39, 0.29) is 5.82 Å². The molecule has 0 fully saturated rings. The molecule has 0 aliphatic heterocycles. The third kappa shape index (κ3) is 2.69. The second kappa shape index (κ2) is 5.71. The summed E-state index contributed by atoms with van der Waals surface area (Å²) in [5.74, 6) is -0.148. The van der Waals surface area contributed by atoms with Gasteiger partial charge in [-0.15, -0.1) is 0 Å². The molecule has 2 N–H and O–H groups in total. The summed E-state index contributed by atoms with van der Waals surface area (Å²) in [5.41, 5.74) is 7.21. The monoisotopic (exact) mass is 210 g/mol. The van der Waals surface area contributed by atoms with Crippen LogP contribution in [0.5, 0.6) is 0 Å². The minimum absolute atomic E-state index is 0.148. The van der Waals surface area contributed by atoms with Crippen molar-refractivity contribution in [3.63, 3.8) is 0 Å². The van der Waals surface area contributed by atoms with Gasteiger partial charge >= 0.3 is 0 Å². The van der Waals surface area contributed by atoms with Gasteiger partial charge in [0.05, 0.1) is 0 Å². The van der Waals surface area contributed by atoms with Crippen LogP contribution < -0.4 is 10.6 Å². The average molecular weight is 210 g/mol. The van der Waals surface area contributed by atoms with Gasteiger partial charge in [0.25, 0.3) is 0 Å². The van der Waals surface area contributed by atoms with E-state index in [0.717, 1.165) is 24.3 Å². The lowest BCUT2D eigenvalue weighted by Crippen LogP contribution is -2.24. The Morgan fingerprint density at radius 1 is 1.27 bits per heavy atom. The Hall–Kier alpha value is -1.09. The molecule has 0 aromatic heterocycles. The van der Waals surface area contributed by atoms with Crippen LogP contribution in [-0.2, 0) is 6.42 Å². The summed E-state index contributed by atoms with van der Waals surface area (Å²) in [5, 5.41) is 0. The number of anilines is 1. The van der Waals surface area contributed by atoms with Gasteiger partial charge in [0.1, 0.15) is 5.82 Å². The van der Waals surface area contributed by atoms with Gasteiger partial charge in [-0.3, -0.25) is 0 Å². The SMILES string of the molecule is CCN(CC)c1cccc(F)c1CCN. The van der Waals surface area contributed by atoms with E-state index in [9.17, 15) is 4.39 Å². The Morgan fingerprint density at radius 3 is 2.47 bits per heavy atom. The molecule has 0 unspecified atom stereocenters. The highest BCUT2D eigenvalue weighted by atomic mass is 19.1. The minimum atomic E-state index is -0.148. The van der Waals surface area contributed by atoms with Gasteiger partial charge in [-0.25, -0.2) is 4.39 Å². The first-order valence-corrected chi connectivity index (χ1v) is 5.47. The van der Waals surface area contributed by atoms with Crippen molar-refractivity contribution in [2.75, 3.05) is 24.5 Å². The van der Waals surface area contributed by atoms with E-state index in [1.54, 1.807) is 6.07 Å². The van der Waals surface area contributed by atoms with Gasteiger partial charge in [-0.1, -0.05) is 6.07 Å². The van der Waals surface area contributed by atoms with Crippen molar-refractivity contribution in [1.29, 1.82) is 0 Å². The molecule has 0 atom stereocenters. The standard InChI is InChI=1S/C12H19FN2/c1-3-15(4-2)12-7-5-6-11(13)10(12)8-9-14/h5-7H,3-4,8-9,14H2,1-2H3. The molecule has 0 heterocycles. The van der Waals surface area contributed by atoms with Gasteiger partial charge in [0.2, 0.25) is 0 Å². The van der Waals surface area contributed by atoms with Gasteiger partial charge in [0, 0.05) is 24.3 Å². The predicted octanol–water partition coefficient (Wildman–Crippen LogP) is 2.17. The molecule has 1 rings (SSSR count). The average Bonchev–Trinajstić information content (AvgIpc) is 2.24. The first kappa shape index (κ1) is 12.0. The van der Waals surface area contributed by atoms with E-state index in [2.05, 4.69) is 18.7 Å². The third-order valence-electron chi connectivity index (χ3n) is 2.59. The maximum atomic E-state index is 13.6. The zero-order valence-corrected chi connectivity index (χ0v) is 9.46. The molecule has 0 aliphatic rings. The smallest absolute Gasteiger partial charge is 0.128 e. The molecule has 0 aliphatic carbocycles. The van der Waals surface area contributed by atoms with E-state index < -0.39 is 0 Å². The van der Waals surface area contributed by atoms with E-state index in [0.29, 0.717) is 13.0 Å². The molecule has 2 nitrogen and oxygen atoms in total. The number of benzene rings is 1. The van der Waals surface area contributed by atoms with Crippen molar-refractivity contribution in [1.82, 2.24) is 0 Å². The zero-order valence-electron chi connectivity index (χ0n) is 9.46. The summed E-state index contributed by atoms with van der Waals surface area (Å²) >= 11 is 0. The van der Waals surface area contributed by atoms with Crippen molar-refractivity contribution >= 4 is 5.69 Å². The van der Waals surface area contributed by atoms with Crippen LogP contribution >= 0.6 is 0 Å². The summed E-state index contributed by atoms with van der Waals surface area (Å²) < 4.78 is 13.6. The Kier molecular flexibility index (Phi) is 4.56. The number of nitrogens with zero attached hydrogens (tertiary/aromatic N) is 1. The largest absolute Gasteiger partial charge is 0.372 e. The molecule has 1 aromatic carbocycles. The van der Waals surface area contributed by atoms with E-state index >= 15 is 0 Å². The lowest BCUT2D eigenvalue weighted by molar-refractivity contribution is 0.608. The molecule has 0 bridgehead atoms. The van der Waals surface area contributed by atoms with Crippen molar-refractivity contribution in [3.8, 4) is 0 Å². The lowest BCUT2D eigenvalue weighted by Gasteiger charge is -2.24. The fraction of sp³-hybridized carbons (Fsp3) is 0.500. The molecule has 0 spiro atoms. The first-order chi connectivity index (χ1) is 7.24. The molecule has 0 radical (unpaired) electrons. The van der Waals surface area contributed by atoms with Crippen LogP contribution in [-0.4, -0.2) is 19.6 Å². The highest BCUT2D eigenvalue weighted by molar-refractivity contribution is 5.54. The normalized spacial score (nSPS) is 10.4. The van der Waals surface area contributed by atoms with Crippen LogP contribution in [0, 0.1) is 5.82 Å².